The molecule has 0 N–H and O–H groups in total. The normalized spacial score (nSPS) is 12.3. The highest BCUT2D eigenvalue weighted by Crippen LogP contribution is 2.01. The van der Waals surface area contributed by atoms with Crippen molar-refractivity contribution in [2.75, 3.05) is 7.05 Å². The molecule has 68 valence electrons. The largest absolute Gasteiger partial charge is 0.293 e. The Hall–Kier alpha value is -1.37. The molecule has 0 saturated heterocycles. The minimum absolute atomic E-state index is 0.986. The third kappa shape index (κ3) is 3.24. The molecule has 0 aliphatic carbocycles. The molecule has 0 unspecified atom stereocenters. The van der Waals surface area contributed by atoms with E-state index in [1.165, 1.54) is 5.56 Å². The van der Waals surface area contributed by atoms with Crippen LogP contribution in [-0.4, -0.2) is 12.8 Å². The van der Waals surface area contributed by atoms with Gasteiger partial charge in [0, 0.05) is 12.8 Å². The van der Waals surface area contributed by atoms with Crippen molar-refractivity contribution in [3.05, 3.63) is 42.0 Å². The Labute approximate surface area is 79.8 Å². The fourth-order valence-corrected chi connectivity index (χ4v) is 1.11. The molecule has 0 aliphatic rings. The van der Waals surface area contributed by atoms with E-state index in [0.29, 0.717) is 0 Å². The van der Waals surface area contributed by atoms with Crippen LogP contribution in [0.3, 0.4) is 0 Å². The monoisotopic (exact) mass is 173 g/mol. The molecule has 0 atom stereocenters. The number of benzene rings is 1. The van der Waals surface area contributed by atoms with Crippen LogP contribution < -0.4 is 0 Å². The lowest BCUT2D eigenvalue weighted by Gasteiger charge is -1.93. The highest BCUT2D eigenvalue weighted by molar-refractivity contribution is 5.97. The first-order valence-electron chi connectivity index (χ1n) is 4.55. The van der Waals surface area contributed by atoms with Gasteiger partial charge in [0.15, 0.2) is 0 Å². The average molecular weight is 173 g/mol. The zero-order chi connectivity index (χ0) is 9.52. The van der Waals surface area contributed by atoms with Crippen molar-refractivity contribution in [3.63, 3.8) is 0 Å². The Morgan fingerprint density at radius 2 is 2.00 bits per heavy atom. The molecule has 0 heterocycles. The van der Waals surface area contributed by atoms with E-state index in [2.05, 4.69) is 36.2 Å². The molecule has 0 radical (unpaired) electrons. The lowest BCUT2D eigenvalue weighted by atomic mass is 10.2. The van der Waals surface area contributed by atoms with Gasteiger partial charge in [-0.1, -0.05) is 43.3 Å². The fraction of sp³-hybridized carbons (Fsp3) is 0.250. The van der Waals surface area contributed by atoms with Crippen molar-refractivity contribution in [2.45, 2.75) is 13.3 Å². The molecule has 0 saturated carbocycles. The van der Waals surface area contributed by atoms with Gasteiger partial charge in [0.2, 0.25) is 0 Å². The molecule has 0 amide bonds. The van der Waals surface area contributed by atoms with Crippen molar-refractivity contribution in [1.29, 1.82) is 0 Å². The summed E-state index contributed by atoms with van der Waals surface area (Å²) in [6, 6.07) is 10.3. The fourth-order valence-electron chi connectivity index (χ4n) is 1.11. The summed E-state index contributed by atoms with van der Waals surface area (Å²) in [5, 5.41) is 0. The third-order valence-electron chi connectivity index (χ3n) is 1.92. The number of aliphatic imine (C=N–C) groups is 1. The van der Waals surface area contributed by atoms with Crippen molar-refractivity contribution < 1.29 is 0 Å². The van der Waals surface area contributed by atoms with E-state index in [9.17, 15) is 0 Å². The third-order valence-corrected chi connectivity index (χ3v) is 1.92. The SMILES string of the molecule is CCC(/C=C\c1ccccc1)=NC. The quantitative estimate of drug-likeness (QED) is 0.622. The number of hydrogen-bond donors (Lipinski definition) is 0. The predicted octanol–water partition coefficient (Wildman–Crippen LogP) is 3.18. The van der Waals surface area contributed by atoms with Crippen LogP contribution in [0.1, 0.15) is 18.9 Å². The van der Waals surface area contributed by atoms with E-state index in [1.54, 1.807) is 0 Å². The number of rotatable bonds is 3. The molecule has 1 rings (SSSR count). The Balaban J connectivity index is 2.69. The highest BCUT2D eigenvalue weighted by atomic mass is 14.7. The maximum absolute atomic E-state index is 4.15. The Bertz CT molecular complexity index is 296. The van der Waals surface area contributed by atoms with Crippen LogP contribution in [0.4, 0.5) is 0 Å². The van der Waals surface area contributed by atoms with Crippen LogP contribution in [0.15, 0.2) is 41.4 Å². The summed E-state index contributed by atoms with van der Waals surface area (Å²) >= 11 is 0. The van der Waals surface area contributed by atoms with E-state index in [-0.39, 0.29) is 0 Å². The number of hydrogen-bond acceptors (Lipinski definition) is 1. The zero-order valence-electron chi connectivity index (χ0n) is 8.20. The molecule has 1 nitrogen and oxygen atoms in total. The van der Waals surface area contributed by atoms with Gasteiger partial charge in [-0.15, -0.1) is 0 Å². The molecule has 13 heavy (non-hydrogen) atoms. The molecule has 1 heteroatoms. The molecule has 1 aromatic carbocycles. The maximum Gasteiger partial charge on any atom is 0.0342 e. The molecule has 0 aliphatic heterocycles. The van der Waals surface area contributed by atoms with Gasteiger partial charge in [-0.25, -0.2) is 0 Å². The zero-order valence-corrected chi connectivity index (χ0v) is 8.20. The smallest absolute Gasteiger partial charge is 0.0342 e. The molecule has 0 spiro atoms. The average Bonchev–Trinajstić information content (AvgIpc) is 2.21. The first kappa shape index (κ1) is 9.72. The van der Waals surface area contributed by atoms with E-state index < -0.39 is 0 Å². The number of allylic oxidation sites excluding steroid dienone is 1. The summed E-state index contributed by atoms with van der Waals surface area (Å²) in [7, 11) is 1.83. The van der Waals surface area contributed by atoms with E-state index in [1.807, 2.05) is 25.2 Å². The van der Waals surface area contributed by atoms with Gasteiger partial charge in [-0.3, -0.25) is 4.99 Å². The molecular weight excluding hydrogens is 158 g/mol. The van der Waals surface area contributed by atoms with Crippen LogP contribution in [0, 0.1) is 0 Å². The second kappa shape index (κ2) is 5.31. The maximum atomic E-state index is 4.15. The Morgan fingerprint density at radius 3 is 2.54 bits per heavy atom. The van der Waals surface area contributed by atoms with Gasteiger partial charge < -0.3 is 0 Å². The van der Waals surface area contributed by atoms with Gasteiger partial charge >= 0.3 is 0 Å². The minimum Gasteiger partial charge on any atom is -0.293 e. The topological polar surface area (TPSA) is 12.4 Å². The van der Waals surface area contributed by atoms with Crippen molar-refractivity contribution in [1.82, 2.24) is 0 Å². The molecule has 0 fully saturated rings. The first-order valence-corrected chi connectivity index (χ1v) is 4.55. The lowest BCUT2D eigenvalue weighted by Crippen LogP contribution is -1.88. The molecular formula is C12H15N. The Morgan fingerprint density at radius 1 is 1.31 bits per heavy atom. The summed E-state index contributed by atoms with van der Waals surface area (Å²) in [5.74, 6) is 0. The van der Waals surface area contributed by atoms with Gasteiger partial charge in [0.25, 0.3) is 0 Å². The van der Waals surface area contributed by atoms with Crippen molar-refractivity contribution in [3.8, 4) is 0 Å². The van der Waals surface area contributed by atoms with Crippen LogP contribution in [0.2, 0.25) is 0 Å². The summed E-state index contributed by atoms with van der Waals surface area (Å²) < 4.78 is 0. The predicted molar refractivity (Wildman–Crippen MR) is 59.1 cm³/mol. The summed E-state index contributed by atoms with van der Waals surface area (Å²) in [5.41, 5.74) is 2.35. The number of nitrogens with zero attached hydrogens (tertiary/aromatic N) is 1. The second-order valence-electron chi connectivity index (χ2n) is 2.81. The van der Waals surface area contributed by atoms with E-state index in [4.69, 9.17) is 0 Å². The summed E-state index contributed by atoms with van der Waals surface area (Å²) in [6.45, 7) is 2.11. The van der Waals surface area contributed by atoms with Crippen molar-refractivity contribution in [2.24, 2.45) is 4.99 Å². The van der Waals surface area contributed by atoms with Crippen molar-refractivity contribution >= 4 is 11.8 Å². The molecule has 0 bridgehead atoms. The van der Waals surface area contributed by atoms with Crippen LogP contribution in [0.5, 0.6) is 0 Å². The van der Waals surface area contributed by atoms with E-state index in [0.717, 1.165) is 12.1 Å². The first-order chi connectivity index (χ1) is 6.36. The lowest BCUT2D eigenvalue weighted by molar-refractivity contribution is 1.26. The second-order valence-corrected chi connectivity index (χ2v) is 2.81. The Kier molecular flexibility index (Phi) is 3.97. The summed E-state index contributed by atoms with van der Waals surface area (Å²) in [6.07, 6.45) is 5.14. The van der Waals surface area contributed by atoms with Crippen LogP contribution in [0.25, 0.3) is 6.08 Å². The van der Waals surface area contributed by atoms with Crippen LogP contribution in [-0.2, 0) is 0 Å². The summed E-state index contributed by atoms with van der Waals surface area (Å²) in [4.78, 5) is 4.15. The minimum atomic E-state index is 0.986. The molecule has 0 aromatic heterocycles. The van der Waals surface area contributed by atoms with Crippen LogP contribution >= 0.6 is 0 Å². The van der Waals surface area contributed by atoms with Gasteiger partial charge in [0.05, 0.1) is 0 Å². The van der Waals surface area contributed by atoms with Gasteiger partial charge in [-0.2, -0.15) is 0 Å². The van der Waals surface area contributed by atoms with Gasteiger partial charge in [-0.05, 0) is 18.1 Å². The van der Waals surface area contributed by atoms with E-state index >= 15 is 0 Å². The highest BCUT2D eigenvalue weighted by Gasteiger charge is 1.87. The standard InChI is InChI=1S/C12H15N/c1-3-12(13-2)10-9-11-7-5-4-6-8-11/h4-10H,3H2,1-2H3/b10-9-,13-12?. The molecule has 1 aromatic rings. The van der Waals surface area contributed by atoms with Gasteiger partial charge in [0.1, 0.15) is 0 Å².